The van der Waals surface area contributed by atoms with E-state index in [4.69, 9.17) is 23.2 Å². The summed E-state index contributed by atoms with van der Waals surface area (Å²) in [7, 11) is 0. The molecule has 3 rings (SSSR count). The molecular formula is C19H14Cl2FN3O2S. The summed E-state index contributed by atoms with van der Waals surface area (Å²) in [6, 6.07) is 9.84. The first kappa shape index (κ1) is 20.3. The molecule has 2 amide bonds. The molecular weight excluding hydrogens is 424 g/mol. The zero-order valence-electron chi connectivity index (χ0n) is 14.5. The van der Waals surface area contributed by atoms with E-state index >= 15 is 0 Å². The molecule has 1 aromatic heterocycles. The van der Waals surface area contributed by atoms with Gasteiger partial charge in [-0.2, -0.15) is 0 Å². The van der Waals surface area contributed by atoms with E-state index in [0.29, 0.717) is 16.4 Å². The summed E-state index contributed by atoms with van der Waals surface area (Å²) >= 11 is 13.1. The van der Waals surface area contributed by atoms with Gasteiger partial charge in [-0.3, -0.25) is 9.59 Å². The summed E-state index contributed by atoms with van der Waals surface area (Å²) < 4.78 is 13.3. The van der Waals surface area contributed by atoms with Gasteiger partial charge in [0, 0.05) is 10.9 Å². The molecule has 0 aliphatic rings. The number of halogens is 3. The van der Waals surface area contributed by atoms with Crippen molar-refractivity contribution in [2.75, 3.05) is 5.32 Å². The number of benzene rings is 2. The van der Waals surface area contributed by atoms with Crippen molar-refractivity contribution >= 4 is 51.5 Å². The molecule has 0 fully saturated rings. The Kier molecular flexibility index (Phi) is 6.28. The van der Waals surface area contributed by atoms with Crippen LogP contribution in [0.15, 0.2) is 47.8 Å². The lowest BCUT2D eigenvalue weighted by Gasteiger charge is -2.14. The molecule has 144 valence electrons. The van der Waals surface area contributed by atoms with E-state index in [9.17, 15) is 14.0 Å². The second kappa shape index (κ2) is 8.68. The summed E-state index contributed by atoms with van der Waals surface area (Å²) in [4.78, 5) is 29.0. The van der Waals surface area contributed by atoms with Crippen LogP contribution in [0.3, 0.4) is 0 Å². The number of carbonyl (C=O) groups is 2. The molecule has 0 aliphatic carbocycles. The number of nitrogens with zero attached hydrogens (tertiary/aromatic N) is 1. The summed E-state index contributed by atoms with van der Waals surface area (Å²) in [5, 5.41) is 7.61. The third kappa shape index (κ3) is 4.67. The number of hydrogen-bond acceptors (Lipinski definition) is 4. The van der Waals surface area contributed by atoms with E-state index < -0.39 is 17.9 Å². The highest BCUT2D eigenvalue weighted by Gasteiger charge is 2.20. The van der Waals surface area contributed by atoms with Crippen LogP contribution in [0.25, 0.3) is 11.3 Å². The van der Waals surface area contributed by atoms with Crippen LogP contribution >= 0.6 is 34.5 Å². The number of anilines is 1. The van der Waals surface area contributed by atoms with Gasteiger partial charge >= 0.3 is 0 Å². The Labute approximate surface area is 174 Å². The van der Waals surface area contributed by atoms with Crippen molar-refractivity contribution in [2.24, 2.45) is 0 Å². The Morgan fingerprint density at radius 1 is 1.18 bits per heavy atom. The summed E-state index contributed by atoms with van der Waals surface area (Å²) in [6.07, 6.45) is 0. The first-order valence-electron chi connectivity index (χ1n) is 8.12. The highest BCUT2D eigenvalue weighted by molar-refractivity contribution is 7.14. The fourth-order valence-corrected chi connectivity index (χ4v) is 3.45. The molecule has 0 saturated carbocycles. The van der Waals surface area contributed by atoms with E-state index in [1.807, 2.05) is 0 Å². The third-order valence-electron chi connectivity index (χ3n) is 3.79. The summed E-state index contributed by atoms with van der Waals surface area (Å²) in [5.74, 6) is -1.34. The molecule has 1 unspecified atom stereocenters. The molecule has 0 bridgehead atoms. The zero-order valence-corrected chi connectivity index (χ0v) is 16.8. The third-order valence-corrected chi connectivity index (χ3v) is 5.37. The SMILES string of the molecule is CC(NC(=O)c1cccc(Cl)c1Cl)C(=O)Nc1nc(-c2cccc(F)c2)cs1. The van der Waals surface area contributed by atoms with Crippen LogP contribution in [0.1, 0.15) is 17.3 Å². The van der Waals surface area contributed by atoms with Crippen molar-refractivity contribution in [3.8, 4) is 11.3 Å². The van der Waals surface area contributed by atoms with Gasteiger partial charge in [0.1, 0.15) is 11.9 Å². The quantitative estimate of drug-likeness (QED) is 0.588. The van der Waals surface area contributed by atoms with Crippen molar-refractivity contribution in [3.05, 3.63) is 69.3 Å². The van der Waals surface area contributed by atoms with Crippen molar-refractivity contribution in [1.29, 1.82) is 0 Å². The van der Waals surface area contributed by atoms with Crippen molar-refractivity contribution in [1.82, 2.24) is 10.3 Å². The van der Waals surface area contributed by atoms with Gasteiger partial charge in [-0.1, -0.05) is 41.4 Å². The molecule has 1 heterocycles. The fourth-order valence-electron chi connectivity index (χ4n) is 2.34. The van der Waals surface area contributed by atoms with Gasteiger partial charge in [0.2, 0.25) is 5.91 Å². The maximum absolute atomic E-state index is 13.3. The standard InChI is InChI=1S/C19H14Cl2FN3O2S/c1-10(23-18(27)13-6-3-7-14(20)16(13)21)17(26)25-19-24-15(9-28-19)11-4-2-5-12(22)8-11/h2-10H,1H3,(H,23,27)(H,24,25,26). The smallest absolute Gasteiger partial charge is 0.253 e. The molecule has 2 N–H and O–H groups in total. The van der Waals surface area contributed by atoms with Crippen LogP contribution in [-0.4, -0.2) is 22.8 Å². The number of rotatable bonds is 5. The number of amides is 2. The highest BCUT2D eigenvalue weighted by Crippen LogP contribution is 2.26. The lowest BCUT2D eigenvalue weighted by atomic mass is 10.2. The van der Waals surface area contributed by atoms with E-state index in [-0.39, 0.29) is 21.4 Å². The van der Waals surface area contributed by atoms with Gasteiger partial charge in [0.25, 0.3) is 5.91 Å². The number of hydrogen-bond donors (Lipinski definition) is 2. The summed E-state index contributed by atoms with van der Waals surface area (Å²) in [6.45, 7) is 1.53. The number of nitrogens with one attached hydrogen (secondary N) is 2. The second-order valence-corrected chi connectivity index (χ2v) is 7.48. The average molecular weight is 438 g/mol. The molecule has 1 atom stereocenters. The number of carbonyl (C=O) groups excluding carboxylic acids is 2. The normalized spacial score (nSPS) is 11.7. The average Bonchev–Trinajstić information content (AvgIpc) is 3.12. The van der Waals surface area contributed by atoms with Crippen LogP contribution in [0.2, 0.25) is 10.0 Å². The second-order valence-electron chi connectivity index (χ2n) is 5.83. The van der Waals surface area contributed by atoms with Crippen LogP contribution in [0, 0.1) is 5.82 Å². The fraction of sp³-hybridized carbons (Fsp3) is 0.105. The maximum Gasteiger partial charge on any atom is 0.253 e. The van der Waals surface area contributed by atoms with Crippen LogP contribution in [0.4, 0.5) is 9.52 Å². The van der Waals surface area contributed by atoms with Gasteiger partial charge in [-0.05, 0) is 31.2 Å². The first-order chi connectivity index (χ1) is 13.3. The van der Waals surface area contributed by atoms with Crippen LogP contribution in [-0.2, 0) is 4.79 Å². The minimum absolute atomic E-state index is 0.119. The minimum atomic E-state index is -0.843. The Morgan fingerprint density at radius 3 is 2.68 bits per heavy atom. The molecule has 0 spiro atoms. The Balaban J connectivity index is 1.65. The van der Waals surface area contributed by atoms with Crippen LogP contribution in [0.5, 0.6) is 0 Å². The Bertz CT molecular complexity index is 1040. The maximum atomic E-state index is 13.3. The topological polar surface area (TPSA) is 71.1 Å². The Hall–Kier alpha value is -2.48. The van der Waals surface area contributed by atoms with Crippen molar-refractivity contribution < 1.29 is 14.0 Å². The molecule has 2 aromatic carbocycles. The van der Waals surface area contributed by atoms with Crippen LogP contribution < -0.4 is 10.6 Å². The van der Waals surface area contributed by atoms with Crippen molar-refractivity contribution in [3.63, 3.8) is 0 Å². The van der Waals surface area contributed by atoms with E-state index in [1.54, 1.807) is 29.6 Å². The summed E-state index contributed by atoms with van der Waals surface area (Å²) in [5.41, 5.74) is 1.33. The molecule has 3 aromatic rings. The lowest BCUT2D eigenvalue weighted by Crippen LogP contribution is -2.41. The molecule has 0 radical (unpaired) electrons. The monoisotopic (exact) mass is 437 g/mol. The highest BCUT2D eigenvalue weighted by atomic mass is 35.5. The molecule has 0 aliphatic heterocycles. The lowest BCUT2D eigenvalue weighted by molar-refractivity contribution is -0.117. The first-order valence-corrected chi connectivity index (χ1v) is 9.76. The van der Waals surface area contributed by atoms with Gasteiger partial charge < -0.3 is 10.6 Å². The predicted octanol–water partition coefficient (Wildman–Crippen LogP) is 5.01. The van der Waals surface area contributed by atoms with Gasteiger partial charge in [0.05, 0.1) is 21.3 Å². The molecule has 0 saturated heterocycles. The molecule has 28 heavy (non-hydrogen) atoms. The zero-order chi connectivity index (χ0) is 20.3. The molecule has 5 nitrogen and oxygen atoms in total. The van der Waals surface area contributed by atoms with E-state index in [2.05, 4.69) is 15.6 Å². The largest absolute Gasteiger partial charge is 0.340 e. The predicted molar refractivity (Wildman–Crippen MR) is 110 cm³/mol. The van der Waals surface area contributed by atoms with Crippen molar-refractivity contribution in [2.45, 2.75) is 13.0 Å². The minimum Gasteiger partial charge on any atom is -0.340 e. The Morgan fingerprint density at radius 2 is 1.93 bits per heavy atom. The van der Waals surface area contributed by atoms with E-state index in [1.165, 1.54) is 36.5 Å². The van der Waals surface area contributed by atoms with Gasteiger partial charge in [-0.25, -0.2) is 9.37 Å². The molecule has 9 heteroatoms. The van der Waals surface area contributed by atoms with Gasteiger partial charge in [0.15, 0.2) is 5.13 Å². The van der Waals surface area contributed by atoms with E-state index in [0.717, 1.165) is 0 Å². The number of aromatic nitrogens is 1. The van der Waals surface area contributed by atoms with Gasteiger partial charge in [-0.15, -0.1) is 11.3 Å². The number of thiazole rings is 1.